The monoisotopic (exact) mass is 256 g/mol. The normalized spacial score (nSPS) is 10.8. The number of nitrogens with zero attached hydrogens (tertiary/aromatic N) is 2. The average molecular weight is 256 g/mol. The summed E-state index contributed by atoms with van der Waals surface area (Å²) in [6, 6.07) is 9.26. The summed E-state index contributed by atoms with van der Waals surface area (Å²) in [6.45, 7) is 1.82. The Balaban J connectivity index is 2.67. The van der Waals surface area contributed by atoms with Crippen molar-refractivity contribution in [3.63, 3.8) is 0 Å². The second kappa shape index (κ2) is 5.30. The fraction of sp³-hybridized carbons (Fsp3) is 0.0714. The summed E-state index contributed by atoms with van der Waals surface area (Å²) in [5.41, 5.74) is 1.07. The molecule has 0 N–H and O–H groups in total. The largest absolute Gasteiger partial charge is 0.284 e. The second-order valence-electron chi connectivity index (χ2n) is 3.91. The summed E-state index contributed by atoms with van der Waals surface area (Å²) in [4.78, 5) is 22.1. The van der Waals surface area contributed by atoms with Crippen LogP contribution in [0.4, 0.5) is 5.69 Å². The standard InChI is InChI=1S/C14H12N2O3/c1-2-5-11-10-12(16(18)19)7-8-13(11)15-9-4-3-6-14(15)17/h2-10H,1H3. The van der Waals surface area contributed by atoms with E-state index in [9.17, 15) is 14.9 Å². The molecule has 0 fully saturated rings. The van der Waals surface area contributed by atoms with E-state index >= 15 is 0 Å². The van der Waals surface area contributed by atoms with Gasteiger partial charge in [0.1, 0.15) is 0 Å². The molecule has 1 aromatic carbocycles. The molecule has 0 radical (unpaired) electrons. The van der Waals surface area contributed by atoms with E-state index in [0.717, 1.165) is 0 Å². The Labute approximate surface area is 109 Å². The van der Waals surface area contributed by atoms with E-state index in [0.29, 0.717) is 11.3 Å². The average Bonchev–Trinajstić information content (AvgIpc) is 2.40. The molecule has 0 saturated heterocycles. The molecule has 1 heterocycles. The van der Waals surface area contributed by atoms with Crippen LogP contribution < -0.4 is 5.56 Å². The summed E-state index contributed by atoms with van der Waals surface area (Å²) in [7, 11) is 0. The van der Waals surface area contributed by atoms with E-state index in [1.807, 2.05) is 6.92 Å². The Kier molecular flexibility index (Phi) is 3.56. The number of nitro groups is 1. The van der Waals surface area contributed by atoms with Gasteiger partial charge in [-0.1, -0.05) is 18.2 Å². The molecular formula is C14H12N2O3. The first-order valence-corrected chi connectivity index (χ1v) is 5.72. The van der Waals surface area contributed by atoms with Crippen molar-refractivity contribution in [1.82, 2.24) is 4.57 Å². The van der Waals surface area contributed by atoms with Gasteiger partial charge in [0.25, 0.3) is 11.2 Å². The molecular weight excluding hydrogens is 244 g/mol. The minimum absolute atomic E-state index is 0.000769. The lowest BCUT2D eigenvalue weighted by molar-refractivity contribution is -0.384. The van der Waals surface area contributed by atoms with Crippen molar-refractivity contribution >= 4 is 11.8 Å². The third kappa shape index (κ3) is 2.60. The van der Waals surface area contributed by atoms with Crippen LogP contribution in [0, 0.1) is 10.1 Å². The van der Waals surface area contributed by atoms with Crippen molar-refractivity contribution in [2.75, 3.05) is 0 Å². The zero-order valence-corrected chi connectivity index (χ0v) is 10.3. The predicted molar refractivity (Wildman–Crippen MR) is 73.4 cm³/mol. The van der Waals surface area contributed by atoms with Gasteiger partial charge in [-0.15, -0.1) is 0 Å². The number of hydrogen-bond donors (Lipinski definition) is 0. The van der Waals surface area contributed by atoms with E-state index in [-0.39, 0.29) is 11.2 Å². The highest BCUT2D eigenvalue weighted by molar-refractivity contribution is 5.63. The zero-order chi connectivity index (χ0) is 13.8. The number of non-ortho nitro benzene ring substituents is 1. The summed E-state index contributed by atoms with van der Waals surface area (Å²) < 4.78 is 1.46. The Morgan fingerprint density at radius 2 is 2.05 bits per heavy atom. The Morgan fingerprint density at radius 3 is 2.68 bits per heavy atom. The molecule has 0 aliphatic heterocycles. The molecule has 5 heteroatoms. The lowest BCUT2D eigenvalue weighted by Gasteiger charge is -2.08. The van der Waals surface area contributed by atoms with Gasteiger partial charge in [0.2, 0.25) is 0 Å². The molecule has 0 aliphatic rings. The lowest BCUT2D eigenvalue weighted by Crippen LogP contribution is -2.16. The first kappa shape index (κ1) is 12.8. The predicted octanol–water partition coefficient (Wildman–Crippen LogP) is 2.78. The molecule has 0 aliphatic carbocycles. The van der Waals surface area contributed by atoms with Crippen molar-refractivity contribution in [3.8, 4) is 5.69 Å². The molecule has 2 aromatic rings. The first-order chi connectivity index (χ1) is 9.13. The minimum Gasteiger partial charge on any atom is -0.284 e. The zero-order valence-electron chi connectivity index (χ0n) is 10.3. The van der Waals surface area contributed by atoms with Gasteiger partial charge in [0, 0.05) is 30.0 Å². The molecule has 1 aromatic heterocycles. The summed E-state index contributed by atoms with van der Waals surface area (Å²) >= 11 is 0. The van der Waals surface area contributed by atoms with Crippen LogP contribution in [0.15, 0.2) is 53.5 Å². The van der Waals surface area contributed by atoms with Crippen molar-refractivity contribution in [3.05, 3.63) is 74.7 Å². The molecule has 96 valence electrons. The van der Waals surface area contributed by atoms with Crippen LogP contribution in [-0.2, 0) is 0 Å². The Bertz CT molecular complexity index is 702. The SMILES string of the molecule is CC=Cc1cc([N+](=O)[O-])ccc1-n1ccccc1=O. The van der Waals surface area contributed by atoms with Gasteiger partial charge in [-0.3, -0.25) is 19.5 Å². The van der Waals surface area contributed by atoms with Crippen molar-refractivity contribution < 1.29 is 4.92 Å². The number of pyridine rings is 1. The molecule has 0 bridgehead atoms. The van der Waals surface area contributed by atoms with E-state index < -0.39 is 4.92 Å². The van der Waals surface area contributed by atoms with Crippen molar-refractivity contribution in [2.45, 2.75) is 6.92 Å². The second-order valence-corrected chi connectivity index (χ2v) is 3.91. The Hall–Kier alpha value is -2.69. The van der Waals surface area contributed by atoms with Crippen LogP contribution in [0.25, 0.3) is 11.8 Å². The van der Waals surface area contributed by atoms with Gasteiger partial charge in [-0.25, -0.2) is 0 Å². The molecule has 5 nitrogen and oxygen atoms in total. The van der Waals surface area contributed by atoms with E-state index in [4.69, 9.17) is 0 Å². The lowest BCUT2D eigenvalue weighted by atomic mass is 10.1. The Morgan fingerprint density at radius 1 is 1.26 bits per heavy atom. The quantitative estimate of drug-likeness (QED) is 0.626. The van der Waals surface area contributed by atoms with Crippen LogP contribution in [-0.4, -0.2) is 9.49 Å². The maximum Gasteiger partial charge on any atom is 0.270 e. The van der Waals surface area contributed by atoms with E-state index in [1.165, 1.54) is 22.8 Å². The third-order valence-corrected chi connectivity index (χ3v) is 2.65. The minimum atomic E-state index is -0.454. The van der Waals surface area contributed by atoms with E-state index in [2.05, 4.69) is 0 Å². The highest BCUT2D eigenvalue weighted by Gasteiger charge is 2.10. The maximum atomic E-state index is 11.8. The molecule has 2 rings (SSSR count). The van der Waals surface area contributed by atoms with Crippen LogP contribution in [0.1, 0.15) is 12.5 Å². The first-order valence-electron chi connectivity index (χ1n) is 5.72. The van der Waals surface area contributed by atoms with Gasteiger partial charge in [-0.05, 0) is 19.1 Å². The van der Waals surface area contributed by atoms with Crippen LogP contribution in [0.5, 0.6) is 0 Å². The third-order valence-electron chi connectivity index (χ3n) is 2.65. The highest BCUT2D eigenvalue weighted by Crippen LogP contribution is 2.21. The number of allylic oxidation sites excluding steroid dienone is 1. The van der Waals surface area contributed by atoms with Crippen LogP contribution in [0.2, 0.25) is 0 Å². The van der Waals surface area contributed by atoms with Crippen molar-refractivity contribution in [2.24, 2.45) is 0 Å². The van der Waals surface area contributed by atoms with Gasteiger partial charge >= 0.3 is 0 Å². The van der Waals surface area contributed by atoms with Crippen molar-refractivity contribution in [1.29, 1.82) is 0 Å². The maximum absolute atomic E-state index is 11.8. The van der Waals surface area contributed by atoms with Crippen LogP contribution in [0.3, 0.4) is 0 Å². The molecule has 19 heavy (non-hydrogen) atoms. The molecule has 0 unspecified atom stereocenters. The number of rotatable bonds is 3. The fourth-order valence-electron chi connectivity index (χ4n) is 1.81. The van der Waals surface area contributed by atoms with Gasteiger partial charge in [0.05, 0.1) is 10.6 Å². The number of hydrogen-bond acceptors (Lipinski definition) is 3. The highest BCUT2D eigenvalue weighted by atomic mass is 16.6. The topological polar surface area (TPSA) is 65.1 Å². The molecule has 0 amide bonds. The van der Waals surface area contributed by atoms with Crippen LogP contribution >= 0.6 is 0 Å². The summed E-state index contributed by atoms with van der Waals surface area (Å²) in [5, 5.41) is 10.8. The fourth-order valence-corrected chi connectivity index (χ4v) is 1.81. The number of aromatic nitrogens is 1. The molecule has 0 atom stereocenters. The molecule has 0 spiro atoms. The smallest absolute Gasteiger partial charge is 0.270 e. The van der Waals surface area contributed by atoms with E-state index in [1.54, 1.807) is 36.5 Å². The van der Waals surface area contributed by atoms with Gasteiger partial charge in [0.15, 0.2) is 0 Å². The number of benzene rings is 1. The van der Waals surface area contributed by atoms with Gasteiger partial charge < -0.3 is 0 Å². The molecule has 0 saturated carbocycles. The summed E-state index contributed by atoms with van der Waals surface area (Å²) in [6.07, 6.45) is 5.15. The number of nitro benzene ring substituents is 1. The summed E-state index contributed by atoms with van der Waals surface area (Å²) in [5.74, 6) is 0. The van der Waals surface area contributed by atoms with Gasteiger partial charge in [-0.2, -0.15) is 0 Å².